The van der Waals surface area contributed by atoms with Crippen molar-refractivity contribution in [2.75, 3.05) is 11.9 Å². The van der Waals surface area contributed by atoms with Crippen LogP contribution >= 0.6 is 0 Å². The van der Waals surface area contributed by atoms with Gasteiger partial charge in [-0.2, -0.15) is 13.9 Å². The summed E-state index contributed by atoms with van der Waals surface area (Å²) in [6.45, 7) is 4.18. The predicted molar refractivity (Wildman–Crippen MR) is 91.0 cm³/mol. The second-order valence-electron chi connectivity index (χ2n) is 5.96. The highest BCUT2D eigenvalue weighted by molar-refractivity contribution is 5.89. The van der Waals surface area contributed by atoms with Gasteiger partial charge in [0.25, 0.3) is 0 Å². The van der Waals surface area contributed by atoms with Crippen LogP contribution in [0.4, 0.5) is 19.3 Å². The first kappa shape index (κ1) is 18.7. The van der Waals surface area contributed by atoms with Crippen molar-refractivity contribution in [3.05, 3.63) is 41.7 Å². The third-order valence-electron chi connectivity index (χ3n) is 3.52. The summed E-state index contributed by atoms with van der Waals surface area (Å²) in [5.74, 6) is 0.169. The van der Waals surface area contributed by atoms with E-state index in [9.17, 15) is 13.6 Å². The number of aryl methyl sites for hydroxylation is 2. The summed E-state index contributed by atoms with van der Waals surface area (Å²) in [4.78, 5) is 11.9. The minimum absolute atomic E-state index is 0.00862. The molecule has 25 heavy (non-hydrogen) atoms. The molecule has 0 saturated heterocycles. The quantitative estimate of drug-likeness (QED) is 0.801. The number of amides is 2. The number of hydrogen-bond acceptors (Lipinski definition) is 3. The van der Waals surface area contributed by atoms with Gasteiger partial charge in [0.15, 0.2) is 0 Å². The fourth-order valence-corrected chi connectivity index (χ4v) is 2.41. The van der Waals surface area contributed by atoms with Crippen LogP contribution in [-0.2, 0) is 6.54 Å². The van der Waals surface area contributed by atoms with Crippen LogP contribution in [0.3, 0.4) is 0 Å². The molecule has 1 aromatic carbocycles. The molecule has 136 valence electrons. The number of halogens is 2. The Bertz CT molecular complexity index is 718. The van der Waals surface area contributed by atoms with Crippen LogP contribution < -0.4 is 15.4 Å². The summed E-state index contributed by atoms with van der Waals surface area (Å²) in [5.41, 5.74) is 2.41. The second kappa shape index (κ2) is 8.46. The molecule has 0 saturated carbocycles. The number of urea groups is 1. The zero-order valence-corrected chi connectivity index (χ0v) is 14.4. The molecule has 2 aromatic rings. The Morgan fingerprint density at radius 3 is 2.72 bits per heavy atom. The van der Waals surface area contributed by atoms with Gasteiger partial charge in [0.05, 0.1) is 5.69 Å². The van der Waals surface area contributed by atoms with Crippen LogP contribution in [-0.4, -0.2) is 29.0 Å². The lowest BCUT2D eigenvalue weighted by Gasteiger charge is -2.15. The van der Waals surface area contributed by atoms with Gasteiger partial charge in [0.2, 0.25) is 0 Å². The van der Waals surface area contributed by atoms with E-state index in [0.717, 1.165) is 11.4 Å². The van der Waals surface area contributed by atoms with Crippen molar-refractivity contribution in [2.24, 2.45) is 5.92 Å². The van der Waals surface area contributed by atoms with Crippen LogP contribution in [0.25, 0.3) is 0 Å². The third-order valence-corrected chi connectivity index (χ3v) is 3.52. The normalized spacial score (nSPS) is 12.1. The van der Waals surface area contributed by atoms with Gasteiger partial charge in [-0.1, -0.05) is 13.0 Å². The minimum Gasteiger partial charge on any atom is -0.435 e. The lowest BCUT2D eigenvalue weighted by atomic mass is 10.2. The molecular formula is C17H22F2N4O2. The number of benzene rings is 1. The van der Waals surface area contributed by atoms with Gasteiger partial charge in [-0.3, -0.25) is 4.68 Å². The summed E-state index contributed by atoms with van der Waals surface area (Å²) in [7, 11) is 0. The molecule has 2 amide bonds. The summed E-state index contributed by atoms with van der Waals surface area (Å²) < 4.78 is 30.6. The zero-order chi connectivity index (χ0) is 18.4. The topological polar surface area (TPSA) is 68.2 Å². The number of alkyl halides is 2. The van der Waals surface area contributed by atoms with Gasteiger partial charge in [-0.15, -0.1) is 0 Å². The third kappa shape index (κ3) is 6.06. The number of aromatic nitrogens is 2. The Morgan fingerprint density at radius 2 is 2.08 bits per heavy atom. The Morgan fingerprint density at radius 1 is 1.32 bits per heavy atom. The maximum Gasteiger partial charge on any atom is 0.387 e. The van der Waals surface area contributed by atoms with E-state index in [4.69, 9.17) is 0 Å². The fourth-order valence-electron chi connectivity index (χ4n) is 2.41. The Kier molecular flexibility index (Phi) is 6.32. The van der Waals surface area contributed by atoms with Crippen LogP contribution in [0, 0.1) is 19.8 Å². The van der Waals surface area contributed by atoms with E-state index in [1.807, 2.05) is 31.5 Å². The van der Waals surface area contributed by atoms with Gasteiger partial charge in [0.1, 0.15) is 5.75 Å². The van der Waals surface area contributed by atoms with Crippen molar-refractivity contribution in [2.45, 2.75) is 33.9 Å². The number of ether oxygens (including phenoxy) is 1. The van der Waals surface area contributed by atoms with Crippen molar-refractivity contribution in [3.63, 3.8) is 0 Å². The van der Waals surface area contributed by atoms with Gasteiger partial charge in [-0.25, -0.2) is 4.79 Å². The lowest BCUT2D eigenvalue weighted by Crippen LogP contribution is -2.33. The first-order chi connectivity index (χ1) is 11.8. The molecule has 0 unspecified atom stereocenters. The number of rotatable bonds is 7. The van der Waals surface area contributed by atoms with E-state index in [2.05, 4.69) is 20.5 Å². The molecule has 0 aliphatic rings. The molecule has 0 spiro atoms. The van der Waals surface area contributed by atoms with E-state index in [1.165, 1.54) is 18.2 Å². The number of hydrogen-bond donors (Lipinski definition) is 2. The highest BCUT2D eigenvalue weighted by Gasteiger charge is 2.10. The molecule has 0 fully saturated rings. The van der Waals surface area contributed by atoms with Crippen molar-refractivity contribution >= 4 is 11.7 Å². The van der Waals surface area contributed by atoms with E-state index in [1.54, 1.807) is 6.07 Å². The molecule has 6 nitrogen and oxygen atoms in total. The molecule has 0 radical (unpaired) electrons. The lowest BCUT2D eigenvalue weighted by molar-refractivity contribution is -0.0497. The van der Waals surface area contributed by atoms with Crippen molar-refractivity contribution < 1.29 is 18.3 Å². The van der Waals surface area contributed by atoms with E-state index < -0.39 is 12.6 Å². The molecule has 1 aromatic heterocycles. The SMILES string of the molecule is Cc1cc(C)n(C[C@H](C)CNC(=O)Nc2cccc(OC(F)F)c2)n1. The standard InChI is InChI=1S/C17H22F2N4O2/c1-11(10-23-13(3)7-12(2)22-23)9-20-17(24)21-14-5-4-6-15(8-14)25-16(18)19/h4-8,11,16H,9-10H2,1-3H3,(H2,20,21,24)/t11-/m1/s1. The molecule has 1 atom stereocenters. The second-order valence-corrected chi connectivity index (χ2v) is 5.96. The van der Waals surface area contributed by atoms with E-state index in [-0.39, 0.29) is 11.7 Å². The molecule has 2 N–H and O–H groups in total. The minimum atomic E-state index is -2.90. The summed E-state index contributed by atoms with van der Waals surface area (Å²) >= 11 is 0. The molecule has 2 rings (SSSR count). The van der Waals surface area contributed by atoms with Crippen molar-refractivity contribution in [3.8, 4) is 5.75 Å². The number of nitrogens with zero attached hydrogens (tertiary/aromatic N) is 2. The average Bonchev–Trinajstić information content (AvgIpc) is 2.82. The Balaban J connectivity index is 1.81. The summed E-state index contributed by atoms with van der Waals surface area (Å²) in [5, 5.41) is 9.74. The number of carbonyl (C=O) groups is 1. The maximum atomic E-state index is 12.2. The molecule has 8 heteroatoms. The first-order valence-electron chi connectivity index (χ1n) is 7.94. The monoisotopic (exact) mass is 352 g/mol. The smallest absolute Gasteiger partial charge is 0.387 e. The predicted octanol–water partition coefficient (Wildman–Crippen LogP) is 3.56. The van der Waals surface area contributed by atoms with Crippen molar-refractivity contribution in [1.29, 1.82) is 0 Å². The number of nitrogens with one attached hydrogen (secondary N) is 2. The largest absolute Gasteiger partial charge is 0.435 e. The molecule has 1 heterocycles. The zero-order valence-electron chi connectivity index (χ0n) is 14.4. The Hall–Kier alpha value is -2.64. The number of anilines is 1. The first-order valence-corrected chi connectivity index (χ1v) is 7.94. The van der Waals surface area contributed by atoms with E-state index in [0.29, 0.717) is 18.8 Å². The van der Waals surface area contributed by atoms with Gasteiger partial charge >= 0.3 is 12.6 Å². The summed E-state index contributed by atoms with van der Waals surface area (Å²) in [6, 6.07) is 7.45. The fraction of sp³-hybridized carbons (Fsp3) is 0.412. The van der Waals surface area contributed by atoms with Crippen molar-refractivity contribution in [1.82, 2.24) is 15.1 Å². The number of carbonyl (C=O) groups excluding carboxylic acids is 1. The highest BCUT2D eigenvalue weighted by atomic mass is 19.3. The highest BCUT2D eigenvalue weighted by Crippen LogP contribution is 2.19. The van der Waals surface area contributed by atoms with Crippen LogP contribution in [0.1, 0.15) is 18.3 Å². The van der Waals surface area contributed by atoms with Crippen LogP contribution in [0.5, 0.6) is 5.75 Å². The van der Waals surface area contributed by atoms with E-state index >= 15 is 0 Å². The van der Waals surface area contributed by atoms with Crippen LogP contribution in [0.15, 0.2) is 30.3 Å². The average molecular weight is 352 g/mol. The van der Waals surface area contributed by atoms with Gasteiger partial charge in [0, 0.05) is 30.5 Å². The van der Waals surface area contributed by atoms with Gasteiger partial charge in [-0.05, 0) is 38.0 Å². The molecule has 0 aliphatic carbocycles. The van der Waals surface area contributed by atoms with Gasteiger partial charge < -0.3 is 15.4 Å². The molecular weight excluding hydrogens is 330 g/mol. The summed E-state index contributed by atoms with van der Waals surface area (Å²) in [6.07, 6.45) is 0. The molecule has 0 bridgehead atoms. The molecule has 0 aliphatic heterocycles. The maximum absolute atomic E-state index is 12.2. The Labute approximate surface area is 145 Å². The van der Waals surface area contributed by atoms with Crippen LogP contribution in [0.2, 0.25) is 0 Å².